The van der Waals surface area contributed by atoms with E-state index in [1.807, 2.05) is 16.7 Å². The number of amidine groups is 1. The monoisotopic (exact) mass is 241 g/mol. The molecule has 2 N–H and O–H groups in total. The normalized spacial score (nSPS) is 34.2. The zero-order valence-corrected chi connectivity index (χ0v) is 10.9. The van der Waals surface area contributed by atoms with Crippen LogP contribution in [0.4, 0.5) is 4.79 Å². The van der Waals surface area contributed by atoms with Gasteiger partial charge in [0, 0.05) is 11.8 Å². The number of thioether (sulfide) groups is 1. The van der Waals surface area contributed by atoms with Crippen molar-refractivity contribution in [1.29, 1.82) is 0 Å². The summed E-state index contributed by atoms with van der Waals surface area (Å²) in [5.41, 5.74) is 5.70. The fraction of sp³-hybridized carbons (Fsp3) is 0.818. The smallest absolute Gasteiger partial charge is 0.346 e. The highest BCUT2D eigenvalue weighted by atomic mass is 32.2. The Kier molecular flexibility index (Phi) is 2.90. The molecule has 0 radical (unpaired) electrons. The van der Waals surface area contributed by atoms with Gasteiger partial charge in [-0.1, -0.05) is 20.8 Å². The van der Waals surface area contributed by atoms with Crippen molar-refractivity contribution in [3.63, 3.8) is 0 Å². The molecule has 0 aromatic carbocycles. The average Bonchev–Trinajstić information content (AvgIpc) is 2.65. The Morgan fingerprint density at radius 1 is 1.69 bits per heavy atom. The second-order valence-electron chi connectivity index (χ2n) is 4.97. The van der Waals surface area contributed by atoms with Crippen LogP contribution in [-0.2, 0) is 0 Å². The number of amides is 2. The molecule has 2 rings (SSSR count). The predicted molar refractivity (Wildman–Crippen MR) is 67.8 cm³/mol. The van der Waals surface area contributed by atoms with Gasteiger partial charge in [0.25, 0.3) is 0 Å². The molecule has 2 unspecified atom stereocenters. The van der Waals surface area contributed by atoms with E-state index in [0.29, 0.717) is 17.0 Å². The summed E-state index contributed by atoms with van der Waals surface area (Å²) in [7, 11) is 0. The summed E-state index contributed by atoms with van der Waals surface area (Å²) in [4.78, 5) is 17.7. The summed E-state index contributed by atoms with van der Waals surface area (Å²) in [6.45, 7) is 7.12. The fourth-order valence-electron chi connectivity index (χ4n) is 2.60. The maximum Gasteiger partial charge on any atom is 0.346 e. The van der Waals surface area contributed by atoms with E-state index in [1.165, 1.54) is 0 Å². The third-order valence-electron chi connectivity index (χ3n) is 3.44. The van der Waals surface area contributed by atoms with Gasteiger partial charge >= 0.3 is 6.03 Å². The maximum absolute atomic E-state index is 11.9. The second-order valence-corrected chi connectivity index (χ2v) is 6.42. The van der Waals surface area contributed by atoms with Gasteiger partial charge in [-0.15, -0.1) is 0 Å². The Hall–Kier alpha value is -0.710. The lowest BCUT2D eigenvalue weighted by atomic mass is 9.89. The molecule has 2 aliphatic heterocycles. The molecular formula is C11H19N3OS. The molecule has 16 heavy (non-hydrogen) atoms. The zero-order chi connectivity index (χ0) is 11.9. The summed E-state index contributed by atoms with van der Waals surface area (Å²) in [6, 6.07) is -0.152. The topological polar surface area (TPSA) is 58.7 Å². The minimum Gasteiger partial charge on any atom is -0.385 e. The summed E-state index contributed by atoms with van der Waals surface area (Å²) in [6.07, 6.45) is 0.937. The summed E-state index contributed by atoms with van der Waals surface area (Å²) in [5.74, 6) is 2.02. The van der Waals surface area contributed by atoms with Crippen LogP contribution in [0.2, 0.25) is 0 Å². The molecule has 0 aromatic rings. The van der Waals surface area contributed by atoms with Crippen molar-refractivity contribution in [2.75, 3.05) is 12.3 Å². The lowest BCUT2D eigenvalue weighted by molar-refractivity contribution is 0.161. The van der Waals surface area contributed by atoms with Crippen molar-refractivity contribution in [2.24, 2.45) is 16.6 Å². The highest BCUT2D eigenvalue weighted by molar-refractivity contribution is 8.00. The quantitative estimate of drug-likeness (QED) is 0.800. The number of nitrogens with zero attached hydrogens (tertiary/aromatic N) is 2. The Labute approximate surface area is 101 Å². The minimum atomic E-state index is -0.300. The first-order chi connectivity index (χ1) is 7.48. The molecule has 2 amide bonds. The van der Waals surface area contributed by atoms with E-state index in [2.05, 4.69) is 25.8 Å². The average molecular weight is 241 g/mol. The van der Waals surface area contributed by atoms with Crippen LogP contribution < -0.4 is 5.73 Å². The van der Waals surface area contributed by atoms with Gasteiger partial charge in [0.05, 0.1) is 0 Å². The van der Waals surface area contributed by atoms with Gasteiger partial charge in [-0.2, -0.15) is 16.8 Å². The van der Waals surface area contributed by atoms with Crippen LogP contribution in [0.5, 0.6) is 0 Å². The van der Waals surface area contributed by atoms with Crippen LogP contribution >= 0.6 is 11.8 Å². The van der Waals surface area contributed by atoms with E-state index < -0.39 is 0 Å². The van der Waals surface area contributed by atoms with Crippen molar-refractivity contribution in [2.45, 2.75) is 38.0 Å². The van der Waals surface area contributed by atoms with Gasteiger partial charge in [0.2, 0.25) is 0 Å². The van der Waals surface area contributed by atoms with Crippen LogP contribution in [0.15, 0.2) is 4.99 Å². The zero-order valence-electron chi connectivity index (χ0n) is 10.1. The van der Waals surface area contributed by atoms with Gasteiger partial charge in [-0.3, -0.25) is 0 Å². The second kappa shape index (κ2) is 3.95. The van der Waals surface area contributed by atoms with E-state index in [1.54, 1.807) is 0 Å². The lowest BCUT2D eigenvalue weighted by Crippen LogP contribution is -2.58. The molecule has 0 bridgehead atoms. The summed E-state index contributed by atoms with van der Waals surface area (Å²) >= 11 is 1.88. The molecule has 1 spiro atoms. The summed E-state index contributed by atoms with van der Waals surface area (Å²) < 4.78 is 0. The van der Waals surface area contributed by atoms with Crippen molar-refractivity contribution in [3.8, 4) is 0 Å². The Bertz CT molecular complexity index is 342. The van der Waals surface area contributed by atoms with E-state index in [0.717, 1.165) is 18.7 Å². The van der Waals surface area contributed by atoms with Gasteiger partial charge in [-0.25, -0.2) is 4.79 Å². The van der Waals surface area contributed by atoms with Gasteiger partial charge < -0.3 is 10.6 Å². The molecule has 2 atom stereocenters. The van der Waals surface area contributed by atoms with Crippen molar-refractivity contribution >= 4 is 23.6 Å². The molecule has 0 aliphatic carbocycles. The molecule has 90 valence electrons. The number of urea groups is 1. The first-order valence-corrected chi connectivity index (χ1v) is 6.81. The van der Waals surface area contributed by atoms with E-state index >= 15 is 0 Å². The molecular weight excluding hydrogens is 222 g/mol. The molecule has 4 nitrogen and oxygen atoms in total. The lowest BCUT2D eigenvalue weighted by Gasteiger charge is -2.38. The van der Waals surface area contributed by atoms with Crippen LogP contribution in [-0.4, -0.2) is 39.9 Å². The Morgan fingerprint density at radius 3 is 2.88 bits per heavy atom. The third-order valence-corrected chi connectivity index (χ3v) is 4.77. The molecule has 2 aliphatic rings. The van der Waals surface area contributed by atoms with Crippen LogP contribution in [0.1, 0.15) is 27.2 Å². The highest BCUT2D eigenvalue weighted by Crippen LogP contribution is 2.43. The van der Waals surface area contributed by atoms with Gasteiger partial charge in [-0.05, 0) is 18.1 Å². The molecule has 2 heterocycles. The minimum absolute atomic E-state index is 0.152. The molecule has 1 saturated heterocycles. The number of carbonyl (C=O) groups excluding carboxylic acids is 1. The SMILES string of the molecule is CC(C)CN1C(=O)N=C(N)C12CCSC2C. The first kappa shape index (κ1) is 11.8. The fourth-order valence-corrected chi connectivity index (χ4v) is 4.02. The van der Waals surface area contributed by atoms with Crippen LogP contribution in [0.25, 0.3) is 0 Å². The number of aliphatic imine (C=N–C) groups is 1. The standard InChI is InChI=1S/C11H19N3OS/c1-7(2)6-14-10(15)13-9(12)11(14)4-5-16-8(11)3/h7-8H,4-6H2,1-3H3,(H2,12,13,15). The number of carbonyl (C=O) groups is 1. The predicted octanol–water partition coefficient (Wildman–Crippen LogP) is 1.70. The number of hydrogen-bond acceptors (Lipinski definition) is 3. The van der Waals surface area contributed by atoms with E-state index in [9.17, 15) is 4.79 Å². The Balaban J connectivity index is 2.32. The Morgan fingerprint density at radius 2 is 2.38 bits per heavy atom. The third kappa shape index (κ3) is 1.52. The van der Waals surface area contributed by atoms with Crippen molar-refractivity contribution in [1.82, 2.24) is 4.90 Å². The molecule has 1 fully saturated rings. The first-order valence-electron chi connectivity index (χ1n) is 5.76. The van der Waals surface area contributed by atoms with Crippen LogP contribution in [0, 0.1) is 5.92 Å². The maximum atomic E-state index is 11.9. The van der Waals surface area contributed by atoms with Gasteiger partial charge in [0.1, 0.15) is 11.4 Å². The van der Waals surface area contributed by atoms with E-state index in [-0.39, 0.29) is 11.6 Å². The number of nitrogens with two attached hydrogens (primary N) is 1. The molecule has 0 saturated carbocycles. The molecule has 5 heteroatoms. The van der Waals surface area contributed by atoms with Gasteiger partial charge in [0.15, 0.2) is 0 Å². The highest BCUT2D eigenvalue weighted by Gasteiger charge is 2.54. The van der Waals surface area contributed by atoms with Crippen molar-refractivity contribution in [3.05, 3.63) is 0 Å². The summed E-state index contributed by atoms with van der Waals surface area (Å²) in [5, 5.41) is 0.349. The van der Waals surface area contributed by atoms with Crippen LogP contribution in [0.3, 0.4) is 0 Å². The molecule has 0 aromatic heterocycles. The van der Waals surface area contributed by atoms with E-state index in [4.69, 9.17) is 5.73 Å². The van der Waals surface area contributed by atoms with Crippen molar-refractivity contribution < 1.29 is 4.79 Å². The number of hydrogen-bond donors (Lipinski definition) is 1. The largest absolute Gasteiger partial charge is 0.385 e. The number of rotatable bonds is 2.